The Balaban J connectivity index is 2.84. The number of hydrazone groups is 1. The second-order valence-electron chi connectivity index (χ2n) is 3.72. The van der Waals surface area contributed by atoms with Gasteiger partial charge in [0.05, 0.1) is 6.54 Å². The summed E-state index contributed by atoms with van der Waals surface area (Å²) in [4.78, 5) is 34.8. The van der Waals surface area contributed by atoms with Crippen LogP contribution >= 0.6 is 0 Å². The van der Waals surface area contributed by atoms with Crippen LogP contribution in [0, 0.1) is 12.3 Å². The van der Waals surface area contributed by atoms with E-state index in [1.54, 1.807) is 0 Å². The fourth-order valence-electron chi connectivity index (χ4n) is 1.48. The Hall–Kier alpha value is -2.36. The second-order valence-corrected chi connectivity index (χ2v) is 3.72. The molecule has 96 valence electrons. The number of aliphatic carboxylic acids is 1. The first-order chi connectivity index (χ1) is 8.45. The van der Waals surface area contributed by atoms with Gasteiger partial charge < -0.3 is 10.0 Å². The van der Waals surface area contributed by atoms with Gasteiger partial charge in [-0.3, -0.25) is 14.4 Å². The van der Waals surface area contributed by atoms with Gasteiger partial charge in [0, 0.05) is 19.9 Å². The van der Waals surface area contributed by atoms with Crippen LogP contribution in [0.1, 0.15) is 12.8 Å². The maximum absolute atomic E-state index is 12.0. The standard InChI is InChI=1S/C11H13N3O4/c1-3-6-14(7-10(16)17)11(18)8-4-5-9(15)13(2)12-8/h1H,4-7H2,2H3,(H,16,17). The highest BCUT2D eigenvalue weighted by Crippen LogP contribution is 2.09. The summed E-state index contributed by atoms with van der Waals surface area (Å²) in [7, 11) is 1.44. The SMILES string of the molecule is C#CCN(CC(=O)O)C(=O)C1=NN(C)C(=O)CC1. The Bertz CT molecular complexity index is 450. The number of carboxylic acids is 1. The van der Waals surface area contributed by atoms with Gasteiger partial charge in [-0.1, -0.05) is 5.92 Å². The summed E-state index contributed by atoms with van der Waals surface area (Å²) in [5, 5.41) is 13.6. The molecule has 0 atom stereocenters. The topological polar surface area (TPSA) is 90.3 Å². The number of hydrogen-bond donors (Lipinski definition) is 1. The maximum atomic E-state index is 12.0. The number of rotatable bonds is 4. The molecule has 1 heterocycles. The molecule has 0 saturated carbocycles. The minimum atomic E-state index is -1.15. The molecule has 0 saturated heterocycles. The van der Waals surface area contributed by atoms with Crippen molar-refractivity contribution in [1.29, 1.82) is 0 Å². The number of terminal acetylenes is 1. The maximum Gasteiger partial charge on any atom is 0.323 e. The third-order valence-corrected chi connectivity index (χ3v) is 2.35. The fourth-order valence-corrected chi connectivity index (χ4v) is 1.48. The monoisotopic (exact) mass is 251 g/mol. The lowest BCUT2D eigenvalue weighted by molar-refractivity contribution is -0.142. The van der Waals surface area contributed by atoms with E-state index in [1.165, 1.54) is 7.05 Å². The number of nitrogens with zero attached hydrogens (tertiary/aromatic N) is 3. The van der Waals surface area contributed by atoms with Crippen molar-refractivity contribution in [1.82, 2.24) is 9.91 Å². The molecule has 0 unspecified atom stereocenters. The van der Waals surface area contributed by atoms with Crippen molar-refractivity contribution in [2.75, 3.05) is 20.1 Å². The predicted octanol–water partition coefficient (Wildman–Crippen LogP) is -0.859. The largest absolute Gasteiger partial charge is 0.480 e. The summed E-state index contributed by atoms with van der Waals surface area (Å²) in [5.74, 6) is 0.333. The molecule has 0 aromatic carbocycles. The molecule has 0 aliphatic carbocycles. The number of carbonyl (C=O) groups excluding carboxylic acids is 2. The van der Waals surface area contributed by atoms with Crippen LogP contribution < -0.4 is 0 Å². The van der Waals surface area contributed by atoms with E-state index in [2.05, 4.69) is 11.0 Å². The van der Waals surface area contributed by atoms with E-state index < -0.39 is 18.4 Å². The predicted molar refractivity (Wildman–Crippen MR) is 62.5 cm³/mol. The molecule has 2 amide bonds. The van der Waals surface area contributed by atoms with Crippen LogP contribution in [0.3, 0.4) is 0 Å². The Kier molecular flexibility index (Phi) is 4.43. The normalized spacial score (nSPS) is 14.8. The third kappa shape index (κ3) is 3.31. The molecule has 1 rings (SSSR count). The number of hydrogen-bond acceptors (Lipinski definition) is 4. The summed E-state index contributed by atoms with van der Waals surface area (Å²) in [6.45, 7) is -0.596. The second kappa shape index (κ2) is 5.82. The Morgan fingerprint density at radius 2 is 2.22 bits per heavy atom. The average molecular weight is 251 g/mol. The summed E-state index contributed by atoms with van der Waals surface area (Å²) in [6.07, 6.45) is 5.46. The molecule has 18 heavy (non-hydrogen) atoms. The lowest BCUT2D eigenvalue weighted by Gasteiger charge is -2.23. The zero-order valence-electron chi connectivity index (χ0n) is 9.92. The van der Waals surface area contributed by atoms with Crippen LogP contribution in [0.4, 0.5) is 0 Å². The first kappa shape index (κ1) is 13.7. The minimum absolute atomic E-state index is 0.109. The summed E-state index contributed by atoms with van der Waals surface area (Å²) >= 11 is 0. The van der Waals surface area contributed by atoms with E-state index in [1.807, 2.05) is 0 Å². The zero-order chi connectivity index (χ0) is 13.7. The molecule has 0 aromatic rings. The van der Waals surface area contributed by atoms with E-state index in [4.69, 9.17) is 11.5 Å². The van der Waals surface area contributed by atoms with Gasteiger partial charge in [0.15, 0.2) is 0 Å². The van der Waals surface area contributed by atoms with Gasteiger partial charge in [0.1, 0.15) is 12.3 Å². The van der Waals surface area contributed by atoms with Gasteiger partial charge in [0.25, 0.3) is 5.91 Å². The van der Waals surface area contributed by atoms with Gasteiger partial charge in [-0.15, -0.1) is 6.42 Å². The summed E-state index contributed by atoms with van der Waals surface area (Å²) < 4.78 is 0. The highest BCUT2D eigenvalue weighted by Gasteiger charge is 2.26. The van der Waals surface area contributed by atoms with E-state index in [-0.39, 0.29) is 31.0 Å². The first-order valence-electron chi connectivity index (χ1n) is 5.24. The van der Waals surface area contributed by atoms with Gasteiger partial charge >= 0.3 is 5.97 Å². The van der Waals surface area contributed by atoms with Crippen LogP contribution in [0.25, 0.3) is 0 Å². The lowest BCUT2D eigenvalue weighted by atomic mass is 10.1. The molecule has 1 aliphatic heterocycles. The quantitative estimate of drug-likeness (QED) is 0.658. The molecule has 0 radical (unpaired) electrons. The van der Waals surface area contributed by atoms with Crippen LogP contribution in [0.2, 0.25) is 0 Å². The minimum Gasteiger partial charge on any atom is -0.480 e. The van der Waals surface area contributed by atoms with E-state index >= 15 is 0 Å². The Morgan fingerprint density at radius 3 is 2.72 bits per heavy atom. The van der Waals surface area contributed by atoms with Crippen molar-refractivity contribution in [3.63, 3.8) is 0 Å². The van der Waals surface area contributed by atoms with Crippen LogP contribution in [-0.4, -0.2) is 58.6 Å². The van der Waals surface area contributed by atoms with Gasteiger partial charge in [0.2, 0.25) is 5.91 Å². The van der Waals surface area contributed by atoms with Crippen molar-refractivity contribution >= 4 is 23.5 Å². The van der Waals surface area contributed by atoms with Crippen molar-refractivity contribution in [3.05, 3.63) is 0 Å². The molecule has 0 spiro atoms. The highest BCUT2D eigenvalue weighted by molar-refractivity contribution is 6.39. The van der Waals surface area contributed by atoms with Crippen molar-refractivity contribution in [3.8, 4) is 12.3 Å². The van der Waals surface area contributed by atoms with E-state index in [0.717, 1.165) is 9.91 Å². The smallest absolute Gasteiger partial charge is 0.323 e. The van der Waals surface area contributed by atoms with Crippen LogP contribution in [-0.2, 0) is 14.4 Å². The molecule has 7 heteroatoms. The number of carbonyl (C=O) groups is 3. The molecule has 0 fully saturated rings. The first-order valence-corrected chi connectivity index (χ1v) is 5.24. The molecule has 1 N–H and O–H groups in total. The van der Waals surface area contributed by atoms with E-state index in [0.29, 0.717) is 0 Å². The molecule has 7 nitrogen and oxygen atoms in total. The lowest BCUT2D eigenvalue weighted by Crippen LogP contribution is -2.43. The zero-order valence-corrected chi connectivity index (χ0v) is 9.92. The van der Waals surface area contributed by atoms with Crippen molar-refractivity contribution in [2.45, 2.75) is 12.8 Å². The molecule has 0 bridgehead atoms. The number of amides is 2. The molecule has 0 aromatic heterocycles. The van der Waals surface area contributed by atoms with Crippen molar-refractivity contribution < 1.29 is 19.5 Å². The third-order valence-electron chi connectivity index (χ3n) is 2.35. The molecular formula is C11H13N3O4. The Morgan fingerprint density at radius 1 is 1.56 bits per heavy atom. The van der Waals surface area contributed by atoms with Crippen LogP contribution in [0.15, 0.2) is 5.10 Å². The van der Waals surface area contributed by atoms with Gasteiger partial charge in [-0.2, -0.15) is 5.10 Å². The van der Waals surface area contributed by atoms with Crippen molar-refractivity contribution in [2.24, 2.45) is 5.10 Å². The molecular weight excluding hydrogens is 238 g/mol. The molecule has 1 aliphatic rings. The van der Waals surface area contributed by atoms with E-state index in [9.17, 15) is 14.4 Å². The summed E-state index contributed by atoms with van der Waals surface area (Å²) in [6, 6.07) is 0. The van der Waals surface area contributed by atoms with Crippen LogP contribution in [0.5, 0.6) is 0 Å². The number of carboxylic acid groups (broad SMARTS) is 1. The fraction of sp³-hybridized carbons (Fsp3) is 0.455. The highest BCUT2D eigenvalue weighted by atomic mass is 16.4. The average Bonchev–Trinajstić information content (AvgIpc) is 2.31. The summed E-state index contributed by atoms with van der Waals surface area (Å²) in [5.41, 5.74) is 0.147. The van der Waals surface area contributed by atoms with Gasteiger partial charge in [-0.05, 0) is 0 Å². The Labute approximate surface area is 104 Å². The van der Waals surface area contributed by atoms with Gasteiger partial charge in [-0.25, -0.2) is 5.01 Å².